The minimum atomic E-state index is -0.946. The van der Waals surface area contributed by atoms with Crippen molar-refractivity contribution in [2.24, 2.45) is 5.73 Å². The van der Waals surface area contributed by atoms with Crippen LogP contribution >= 0.6 is 0 Å². The lowest BCUT2D eigenvalue weighted by molar-refractivity contribution is -0.147. The normalized spacial score (nSPS) is 12.4. The Morgan fingerprint density at radius 2 is 1.82 bits per heavy atom. The molecule has 0 aromatic rings. The second kappa shape index (κ2) is 11.7. The summed E-state index contributed by atoms with van der Waals surface area (Å²) in [6.07, 6.45) is 6.58. The average molecular weight is 308 g/mol. The van der Waals surface area contributed by atoms with Crippen LogP contribution in [-0.4, -0.2) is 42.5 Å². The van der Waals surface area contributed by atoms with E-state index in [9.17, 15) is 9.59 Å². The fourth-order valence-corrected chi connectivity index (χ4v) is 1.89. The van der Waals surface area contributed by atoms with Crippen molar-refractivity contribution in [1.29, 1.82) is 0 Å². The summed E-state index contributed by atoms with van der Waals surface area (Å²) in [6, 6.07) is -0.946. The van der Waals surface area contributed by atoms with E-state index in [0.717, 1.165) is 18.4 Å². The van der Waals surface area contributed by atoms with Crippen LogP contribution in [-0.2, 0) is 14.3 Å². The van der Waals surface area contributed by atoms with Crippen LogP contribution in [0.2, 0.25) is 0 Å². The number of hydrogen-bond acceptors (Lipinski definition) is 4. The molecule has 0 aliphatic rings. The van der Waals surface area contributed by atoms with Crippen LogP contribution in [0, 0.1) is 0 Å². The Morgan fingerprint density at radius 3 is 2.27 bits per heavy atom. The number of ether oxygens (including phenoxy) is 1. The molecule has 0 heterocycles. The molecule has 0 saturated heterocycles. The Morgan fingerprint density at radius 1 is 1.23 bits per heavy atom. The molecule has 0 spiro atoms. The third-order valence-electron chi connectivity index (χ3n) is 3.01. The van der Waals surface area contributed by atoms with Crippen LogP contribution in [0.1, 0.15) is 33.1 Å². The molecule has 124 valence electrons. The summed E-state index contributed by atoms with van der Waals surface area (Å²) in [5.41, 5.74) is 6.49. The van der Waals surface area contributed by atoms with Gasteiger partial charge in [0.05, 0.1) is 6.42 Å². The van der Waals surface area contributed by atoms with Crippen LogP contribution in [0.25, 0.3) is 0 Å². The van der Waals surface area contributed by atoms with Gasteiger partial charge in [-0.05, 0) is 18.4 Å². The van der Waals surface area contributed by atoms with Crippen LogP contribution < -0.4 is 5.73 Å². The number of allylic oxidation sites excluding steroid dienone is 2. The molecule has 0 radical (unpaired) electrons. The maximum atomic E-state index is 12.1. The summed E-state index contributed by atoms with van der Waals surface area (Å²) in [4.78, 5) is 25.7. The van der Waals surface area contributed by atoms with Gasteiger partial charge in [0.25, 0.3) is 0 Å². The molecule has 0 aromatic heterocycles. The topological polar surface area (TPSA) is 72.6 Å². The largest absolute Gasteiger partial charge is 0.460 e. The molecule has 5 nitrogen and oxygen atoms in total. The van der Waals surface area contributed by atoms with Crippen molar-refractivity contribution >= 4 is 11.9 Å². The van der Waals surface area contributed by atoms with Gasteiger partial charge in [-0.15, -0.1) is 0 Å². The van der Waals surface area contributed by atoms with Crippen molar-refractivity contribution in [2.45, 2.75) is 39.2 Å². The molecule has 1 amide bonds. The van der Waals surface area contributed by atoms with Gasteiger partial charge in [0.15, 0.2) is 0 Å². The molecule has 2 N–H and O–H groups in total. The number of hydrogen-bond donors (Lipinski definition) is 1. The Kier molecular flexibility index (Phi) is 10.7. The predicted octanol–water partition coefficient (Wildman–Crippen LogP) is 2.19. The molecule has 0 aliphatic heterocycles. The predicted molar refractivity (Wildman–Crippen MR) is 89.2 cm³/mol. The molecule has 22 heavy (non-hydrogen) atoms. The second-order valence-corrected chi connectivity index (χ2v) is 4.98. The molecule has 0 saturated carbocycles. The number of amides is 1. The van der Waals surface area contributed by atoms with E-state index in [2.05, 4.69) is 13.2 Å². The fraction of sp³-hybridized carbons (Fsp3) is 0.529. The zero-order chi connectivity index (χ0) is 17.0. The zero-order valence-electron chi connectivity index (χ0n) is 13.7. The van der Waals surface area contributed by atoms with Gasteiger partial charge in [-0.3, -0.25) is 9.59 Å². The SMILES string of the molecule is C=C/C=C(\C=C)COC(=O)C(N)CC(=O)N(CCC)CCC. The van der Waals surface area contributed by atoms with E-state index in [-0.39, 0.29) is 18.9 Å². The first-order valence-electron chi connectivity index (χ1n) is 7.64. The minimum Gasteiger partial charge on any atom is -0.460 e. The third kappa shape index (κ3) is 7.78. The highest BCUT2D eigenvalue weighted by molar-refractivity contribution is 5.85. The molecule has 0 bridgehead atoms. The first-order valence-corrected chi connectivity index (χ1v) is 7.64. The van der Waals surface area contributed by atoms with Gasteiger partial charge in [-0.1, -0.05) is 45.2 Å². The van der Waals surface area contributed by atoms with E-state index in [1.54, 1.807) is 23.1 Å². The second-order valence-electron chi connectivity index (χ2n) is 4.98. The van der Waals surface area contributed by atoms with E-state index >= 15 is 0 Å². The molecule has 0 rings (SSSR count). The van der Waals surface area contributed by atoms with Crippen molar-refractivity contribution in [2.75, 3.05) is 19.7 Å². The number of nitrogens with zero attached hydrogens (tertiary/aromatic N) is 1. The first-order chi connectivity index (χ1) is 10.5. The minimum absolute atomic E-state index is 0.0343. The van der Waals surface area contributed by atoms with Gasteiger partial charge < -0.3 is 15.4 Å². The highest BCUT2D eigenvalue weighted by Crippen LogP contribution is 2.04. The lowest BCUT2D eigenvalue weighted by Gasteiger charge is -2.22. The van der Waals surface area contributed by atoms with Crippen LogP contribution in [0.4, 0.5) is 0 Å². The van der Waals surface area contributed by atoms with E-state index < -0.39 is 12.0 Å². The number of rotatable bonds is 11. The van der Waals surface area contributed by atoms with E-state index in [1.807, 2.05) is 13.8 Å². The van der Waals surface area contributed by atoms with Gasteiger partial charge in [-0.25, -0.2) is 0 Å². The Labute approximate surface area is 133 Å². The lowest BCUT2D eigenvalue weighted by atomic mass is 10.2. The molecule has 0 aromatic carbocycles. The van der Waals surface area contributed by atoms with Crippen molar-refractivity contribution in [3.63, 3.8) is 0 Å². The van der Waals surface area contributed by atoms with Crippen molar-refractivity contribution in [1.82, 2.24) is 4.90 Å². The van der Waals surface area contributed by atoms with Gasteiger partial charge >= 0.3 is 5.97 Å². The Hall–Kier alpha value is -1.88. The first kappa shape index (κ1) is 20.1. The van der Waals surface area contributed by atoms with Crippen LogP contribution in [0.5, 0.6) is 0 Å². The average Bonchev–Trinajstić information content (AvgIpc) is 2.50. The van der Waals surface area contributed by atoms with Gasteiger partial charge in [0, 0.05) is 13.1 Å². The molecular formula is C17H28N2O3. The molecule has 0 aliphatic carbocycles. The smallest absolute Gasteiger partial charge is 0.323 e. The molecule has 5 heteroatoms. The molecule has 0 fully saturated rings. The van der Waals surface area contributed by atoms with E-state index in [1.165, 1.54) is 0 Å². The molecule has 1 unspecified atom stereocenters. The van der Waals surface area contributed by atoms with E-state index in [4.69, 9.17) is 10.5 Å². The van der Waals surface area contributed by atoms with Crippen molar-refractivity contribution in [3.05, 3.63) is 37.0 Å². The summed E-state index contributed by atoms with van der Waals surface area (Å²) in [6.45, 7) is 12.6. The molecular weight excluding hydrogens is 280 g/mol. The maximum absolute atomic E-state index is 12.1. The Balaban J connectivity index is 4.44. The standard InChI is InChI=1S/C17H28N2O3/c1-5-9-14(8-4)13-22-17(21)15(18)12-16(20)19(10-6-2)11-7-3/h5,8-9,15H,1,4,6-7,10-13,18H2,2-3H3/b14-9+. The van der Waals surface area contributed by atoms with Gasteiger partial charge in [0.1, 0.15) is 12.6 Å². The summed E-state index contributed by atoms with van der Waals surface area (Å²) in [7, 11) is 0. The van der Waals surface area contributed by atoms with Gasteiger partial charge in [-0.2, -0.15) is 0 Å². The van der Waals surface area contributed by atoms with Crippen LogP contribution in [0.3, 0.4) is 0 Å². The lowest BCUT2D eigenvalue weighted by Crippen LogP contribution is -2.41. The monoisotopic (exact) mass is 308 g/mol. The number of carbonyl (C=O) groups is 2. The summed E-state index contributed by atoms with van der Waals surface area (Å²) >= 11 is 0. The maximum Gasteiger partial charge on any atom is 0.323 e. The van der Waals surface area contributed by atoms with Crippen molar-refractivity contribution in [3.8, 4) is 0 Å². The fourth-order valence-electron chi connectivity index (χ4n) is 1.89. The summed E-state index contributed by atoms with van der Waals surface area (Å²) < 4.78 is 5.09. The zero-order valence-corrected chi connectivity index (χ0v) is 13.7. The summed E-state index contributed by atoms with van der Waals surface area (Å²) in [5.74, 6) is -0.697. The summed E-state index contributed by atoms with van der Waals surface area (Å²) in [5, 5.41) is 0. The number of carbonyl (C=O) groups excluding carboxylic acids is 2. The third-order valence-corrected chi connectivity index (χ3v) is 3.01. The van der Waals surface area contributed by atoms with E-state index in [0.29, 0.717) is 13.1 Å². The highest BCUT2D eigenvalue weighted by atomic mass is 16.5. The molecule has 1 atom stereocenters. The van der Waals surface area contributed by atoms with Crippen LogP contribution in [0.15, 0.2) is 37.0 Å². The number of esters is 1. The van der Waals surface area contributed by atoms with Gasteiger partial charge in [0.2, 0.25) is 5.91 Å². The quantitative estimate of drug-likeness (QED) is 0.469. The number of nitrogens with two attached hydrogens (primary N) is 1. The Bertz CT molecular complexity index is 410. The van der Waals surface area contributed by atoms with Crippen molar-refractivity contribution < 1.29 is 14.3 Å². The highest BCUT2D eigenvalue weighted by Gasteiger charge is 2.22.